The van der Waals surface area contributed by atoms with Gasteiger partial charge in [0, 0.05) is 55.7 Å². The number of carbonyl (C=O) groups excluding carboxylic acids is 1. The van der Waals surface area contributed by atoms with Crippen LogP contribution in [-0.2, 0) is 4.74 Å². The summed E-state index contributed by atoms with van der Waals surface area (Å²) < 4.78 is 7.15. The number of ether oxygens (including phenoxy) is 1. The highest BCUT2D eigenvalue weighted by Gasteiger charge is 2.15. The summed E-state index contributed by atoms with van der Waals surface area (Å²) in [5.74, 6) is 6.83. The van der Waals surface area contributed by atoms with Crippen LogP contribution in [0.4, 0.5) is 0 Å². The van der Waals surface area contributed by atoms with Crippen molar-refractivity contribution in [3.63, 3.8) is 0 Å². The van der Waals surface area contributed by atoms with Crippen molar-refractivity contribution in [3.8, 4) is 17.5 Å². The molecule has 30 heavy (non-hydrogen) atoms. The Balaban J connectivity index is 1.48. The van der Waals surface area contributed by atoms with E-state index >= 15 is 0 Å². The first-order valence-corrected chi connectivity index (χ1v) is 10.2. The number of aromatic nitrogens is 3. The Labute approximate surface area is 176 Å². The highest BCUT2D eigenvalue weighted by atomic mass is 16.5. The fourth-order valence-corrected chi connectivity index (χ4v) is 3.47. The lowest BCUT2D eigenvalue weighted by atomic mass is 10.0. The Bertz CT molecular complexity index is 1030. The van der Waals surface area contributed by atoms with Crippen molar-refractivity contribution < 1.29 is 9.53 Å². The lowest BCUT2D eigenvalue weighted by Gasteiger charge is -2.10. The Morgan fingerprint density at radius 3 is 2.97 bits per heavy atom. The summed E-state index contributed by atoms with van der Waals surface area (Å²) in [7, 11) is 0. The third kappa shape index (κ3) is 5.13. The number of nitrogens with one attached hydrogen (secondary N) is 1. The van der Waals surface area contributed by atoms with Gasteiger partial charge in [-0.25, -0.2) is 4.68 Å². The minimum Gasteiger partial charge on any atom is -0.381 e. The maximum absolute atomic E-state index is 12.6. The molecule has 1 unspecified atom stereocenters. The average molecular weight is 400 g/mol. The molecule has 6 nitrogen and oxygen atoms in total. The van der Waals surface area contributed by atoms with Crippen LogP contribution >= 0.6 is 0 Å². The third-order valence-electron chi connectivity index (χ3n) is 5.11. The molecule has 152 valence electrons. The third-order valence-corrected chi connectivity index (χ3v) is 5.11. The predicted octanol–water partition coefficient (Wildman–Crippen LogP) is 3.21. The van der Waals surface area contributed by atoms with Crippen molar-refractivity contribution in [3.05, 3.63) is 77.9 Å². The van der Waals surface area contributed by atoms with E-state index in [0.717, 1.165) is 49.3 Å². The number of amides is 1. The van der Waals surface area contributed by atoms with Crippen LogP contribution in [-0.4, -0.2) is 40.4 Å². The molecule has 0 aliphatic carbocycles. The van der Waals surface area contributed by atoms with Crippen molar-refractivity contribution in [2.75, 3.05) is 19.8 Å². The SMILES string of the molecule is O=C(NCCCC1CCOC1)c1ccc(-n2cccn2)c(C#Cc2cccnc2)c1. The summed E-state index contributed by atoms with van der Waals surface area (Å²) in [6, 6.07) is 11.1. The van der Waals surface area contributed by atoms with E-state index in [4.69, 9.17) is 4.74 Å². The molecule has 1 amide bonds. The van der Waals surface area contributed by atoms with E-state index in [9.17, 15) is 4.79 Å². The second kappa shape index (κ2) is 9.86. The highest BCUT2D eigenvalue weighted by molar-refractivity contribution is 5.95. The van der Waals surface area contributed by atoms with Gasteiger partial charge in [0.2, 0.25) is 0 Å². The van der Waals surface area contributed by atoms with Gasteiger partial charge < -0.3 is 10.1 Å². The summed E-state index contributed by atoms with van der Waals surface area (Å²) in [5.41, 5.74) is 2.97. The molecule has 1 aliphatic heterocycles. The first-order chi connectivity index (χ1) is 14.8. The van der Waals surface area contributed by atoms with Crippen molar-refractivity contribution in [2.24, 2.45) is 5.92 Å². The van der Waals surface area contributed by atoms with Gasteiger partial charge in [-0.05, 0) is 61.6 Å². The summed E-state index contributed by atoms with van der Waals surface area (Å²) in [4.78, 5) is 16.7. The minimum atomic E-state index is -0.0888. The monoisotopic (exact) mass is 400 g/mol. The largest absolute Gasteiger partial charge is 0.381 e. The molecular formula is C24H24N4O2. The normalized spacial score (nSPS) is 15.4. The van der Waals surface area contributed by atoms with Crippen LogP contribution in [0.1, 0.15) is 40.7 Å². The molecule has 1 N–H and O–H groups in total. The zero-order chi connectivity index (χ0) is 20.6. The van der Waals surface area contributed by atoms with E-state index in [1.165, 1.54) is 0 Å². The molecule has 0 saturated carbocycles. The van der Waals surface area contributed by atoms with Gasteiger partial charge in [-0.1, -0.05) is 11.8 Å². The molecule has 0 radical (unpaired) electrons. The number of benzene rings is 1. The highest BCUT2D eigenvalue weighted by Crippen LogP contribution is 2.18. The molecule has 1 saturated heterocycles. The van der Waals surface area contributed by atoms with Crippen LogP contribution in [0.5, 0.6) is 0 Å². The first-order valence-electron chi connectivity index (χ1n) is 10.2. The fourth-order valence-electron chi connectivity index (χ4n) is 3.47. The molecule has 3 heterocycles. The van der Waals surface area contributed by atoms with Gasteiger partial charge in [0.25, 0.3) is 5.91 Å². The van der Waals surface area contributed by atoms with Crippen molar-refractivity contribution in [1.82, 2.24) is 20.1 Å². The molecule has 1 aliphatic rings. The summed E-state index contributed by atoms with van der Waals surface area (Å²) in [6.45, 7) is 2.37. The molecule has 1 atom stereocenters. The van der Waals surface area contributed by atoms with Gasteiger partial charge in [0.1, 0.15) is 0 Å². The molecule has 2 aromatic heterocycles. The smallest absolute Gasteiger partial charge is 0.251 e. The fraction of sp³-hybridized carbons (Fsp3) is 0.292. The maximum atomic E-state index is 12.6. The molecule has 6 heteroatoms. The predicted molar refractivity (Wildman–Crippen MR) is 114 cm³/mol. The van der Waals surface area contributed by atoms with Crippen LogP contribution in [0.25, 0.3) is 5.69 Å². The van der Waals surface area contributed by atoms with Crippen molar-refractivity contribution in [1.29, 1.82) is 0 Å². The summed E-state index contributed by atoms with van der Waals surface area (Å²) in [6.07, 6.45) is 10.2. The zero-order valence-corrected chi connectivity index (χ0v) is 16.8. The number of pyridine rings is 1. The van der Waals surface area contributed by atoms with E-state index in [-0.39, 0.29) is 5.91 Å². The number of rotatable bonds is 6. The lowest BCUT2D eigenvalue weighted by molar-refractivity contribution is 0.0952. The Morgan fingerprint density at radius 1 is 1.23 bits per heavy atom. The van der Waals surface area contributed by atoms with Gasteiger partial charge in [-0.2, -0.15) is 5.10 Å². The first kappa shape index (κ1) is 19.9. The topological polar surface area (TPSA) is 69.0 Å². The molecule has 1 fully saturated rings. The van der Waals surface area contributed by atoms with E-state index < -0.39 is 0 Å². The average Bonchev–Trinajstić information content (AvgIpc) is 3.50. The standard InChI is InChI=1S/C24H24N4O2/c29-24(26-12-2-5-20-10-15-30-18-20)22-8-9-23(28-14-3-13-27-28)21(16-22)7-6-19-4-1-11-25-17-19/h1,3-4,8-9,11,13-14,16-17,20H,2,5,10,12,15,18H2,(H,26,29). The van der Waals surface area contributed by atoms with Crippen molar-refractivity contribution in [2.45, 2.75) is 19.3 Å². The number of nitrogens with zero attached hydrogens (tertiary/aromatic N) is 3. The van der Waals surface area contributed by atoms with E-state index in [1.54, 1.807) is 23.3 Å². The molecular weight excluding hydrogens is 376 g/mol. The Kier molecular flexibility index (Phi) is 6.53. The van der Waals surface area contributed by atoms with Crippen LogP contribution in [0, 0.1) is 17.8 Å². The second-order valence-electron chi connectivity index (χ2n) is 7.30. The van der Waals surface area contributed by atoms with Crippen LogP contribution < -0.4 is 5.32 Å². The van der Waals surface area contributed by atoms with Crippen LogP contribution in [0.3, 0.4) is 0 Å². The summed E-state index contributed by atoms with van der Waals surface area (Å²) >= 11 is 0. The van der Waals surface area contributed by atoms with Gasteiger partial charge in [0.15, 0.2) is 0 Å². The van der Waals surface area contributed by atoms with E-state index in [0.29, 0.717) is 18.0 Å². The molecule has 1 aromatic carbocycles. The quantitative estimate of drug-likeness (QED) is 0.510. The van der Waals surface area contributed by atoms with E-state index in [2.05, 4.69) is 27.2 Å². The number of carbonyl (C=O) groups is 1. The zero-order valence-electron chi connectivity index (χ0n) is 16.8. The second-order valence-corrected chi connectivity index (χ2v) is 7.30. The van der Waals surface area contributed by atoms with Gasteiger partial charge in [0.05, 0.1) is 11.3 Å². The Hall–Kier alpha value is -3.43. The molecule has 0 spiro atoms. The van der Waals surface area contributed by atoms with Gasteiger partial charge >= 0.3 is 0 Å². The molecule has 4 rings (SSSR count). The van der Waals surface area contributed by atoms with E-state index in [1.807, 2.05) is 42.6 Å². The van der Waals surface area contributed by atoms with Crippen LogP contribution in [0.15, 0.2) is 61.2 Å². The number of hydrogen-bond donors (Lipinski definition) is 1. The maximum Gasteiger partial charge on any atom is 0.251 e. The lowest BCUT2D eigenvalue weighted by Crippen LogP contribution is -2.25. The molecule has 0 bridgehead atoms. The van der Waals surface area contributed by atoms with Gasteiger partial charge in [-0.3, -0.25) is 9.78 Å². The summed E-state index contributed by atoms with van der Waals surface area (Å²) in [5, 5.41) is 7.32. The van der Waals surface area contributed by atoms with Crippen molar-refractivity contribution >= 4 is 5.91 Å². The van der Waals surface area contributed by atoms with Crippen LogP contribution in [0.2, 0.25) is 0 Å². The minimum absolute atomic E-state index is 0.0888. The number of hydrogen-bond acceptors (Lipinski definition) is 4. The molecule has 3 aromatic rings. The Morgan fingerprint density at radius 2 is 2.20 bits per heavy atom. The van der Waals surface area contributed by atoms with Gasteiger partial charge in [-0.15, -0.1) is 0 Å².